The van der Waals surface area contributed by atoms with Crippen molar-refractivity contribution in [1.29, 1.82) is 0 Å². The second-order valence-electron chi connectivity index (χ2n) is 5.82. The highest BCUT2D eigenvalue weighted by Crippen LogP contribution is 2.17. The molecule has 0 spiro atoms. The number of carbonyl (C=O) groups excluding carboxylic acids is 2. The molecule has 6 nitrogen and oxygen atoms in total. The SMILES string of the molecule is CC(=O)c1ccc(NC(=O)c2cc(NCc3ccccc3Cl)ncn2)cc1. The second kappa shape index (κ2) is 8.42. The monoisotopic (exact) mass is 380 g/mol. The van der Waals surface area contributed by atoms with Gasteiger partial charge in [0, 0.05) is 28.9 Å². The number of carbonyl (C=O) groups is 2. The molecule has 136 valence electrons. The van der Waals surface area contributed by atoms with Crippen LogP contribution in [0.2, 0.25) is 5.02 Å². The summed E-state index contributed by atoms with van der Waals surface area (Å²) in [6, 6.07) is 15.7. The number of amides is 1. The molecule has 1 amide bonds. The van der Waals surface area contributed by atoms with Gasteiger partial charge in [-0.1, -0.05) is 29.8 Å². The fourth-order valence-corrected chi connectivity index (χ4v) is 2.59. The zero-order chi connectivity index (χ0) is 19.2. The fourth-order valence-electron chi connectivity index (χ4n) is 2.39. The molecule has 27 heavy (non-hydrogen) atoms. The molecule has 0 fully saturated rings. The molecule has 0 aliphatic heterocycles. The predicted molar refractivity (Wildman–Crippen MR) is 105 cm³/mol. The van der Waals surface area contributed by atoms with Crippen LogP contribution in [0.15, 0.2) is 60.9 Å². The molecule has 3 aromatic rings. The van der Waals surface area contributed by atoms with E-state index in [4.69, 9.17) is 11.6 Å². The lowest BCUT2D eigenvalue weighted by Crippen LogP contribution is -2.14. The second-order valence-corrected chi connectivity index (χ2v) is 6.23. The third-order valence-corrected chi connectivity index (χ3v) is 4.24. The highest BCUT2D eigenvalue weighted by molar-refractivity contribution is 6.31. The summed E-state index contributed by atoms with van der Waals surface area (Å²) in [5, 5.41) is 6.53. The van der Waals surface area contributed by atoms with Crippen LogP contribution in [0.3, 0.4) is 0 Å². The highest BCUT2D eigenvalue weighted by Gasteiger charge is 2.10. The Morgan fingerprint density at radius 1 is 1.04 bits per heavy atom. The van der Waals surface area contributed by atoms with Crippen LogP contribution in [-0.4, -0.2) is 21.7 Å². The molecular weight excluding hydrogens is 364 g/mol. The highest BCUT2D eigenvalue weighted by atomic mass is 35.5. The van der Waals surface area contributed by atoms with E-state index in [2.05, 4.69) is 20.6 Å². The molecule has 2 aromatic carbocycles. The number of halogens is 1. The summed E-state index contributed by atoms with van der Waals surface area (Å²) in [6.07, 6.45) is 1.32. The van der Waals surface area contributed by atoms with Crippen LogP contribution in [0.25, 0.3) is 0 Å². The largest absolute Gasteiger partial charge is 0.366 e. The maximum atomic E-state index is 12.4. The topological polar surface area (TPSA) is 84.0 Å². The molecule has 0 atom stereocenters. The zero-order valence-electron chi connectivity index (χ0n) is 14.6. The summed E-state index contributed by atoms with van der Waals surface area (Å²) < 4.78 is 0. The Morgan fingerprint density at radius 2 is 1.78 bits per heavy atom. The van der Waals surface area contributed by atoms with Crippen molar-refractivity contribution in [3.8, 4) is 0 Å². The van der Waals surface area contributed by atoms with E-state index in [-0.39, 0.29) is 17.4 Å². The minimum Gasteiger partial charge on any atom is -0.366 e. The number of nitrogens with one attached hydrogen (secondary N) is 2. The minimum absolute atomic E-state index is 0.0297. The van der Waals surface area contributed by atoms with Crippen LogP contribution >= 0.6 is 11.6 Å². The van der Waals surface area contributed by atoms with E-state index in [1.807, 2.05) is 24.3 Å². The van der Waals surface area contributed by atoms with Crippen molar-refractivity contribution >= 4 is 34.8 Å². The van der Waals surface area contributed by atoms with E-state index in [9.17, 15) is 9.59 Å². The molecule has 2 N–H and O–H groups in total. The summed E-state index contributed by atoms with van der Waals surface area (Å²) in [5.74, 6) is 0.119. The molecule has 0 saturated heterocycles. The number of nitrogens with zero attached hydrogens (tertiary/aromatic N) is 2. The van der Waals surface area contributed by atoms with E-state index in [1.54, 1.807) is 30.3 Å². The van der Waals surface area contributed by atoms with Gasteiger partial charge >= 0.3 is 0 Å². The molecule has 7 heteroatoms. The predicted octanol–water partition coefficient (Wildman–Crippen LogP) is 4.20. The van der Waals surface area contributed by atoms with Gasteiger partial charge < -0.3 is 10.6 Å². The van der Waals surface area contributed by atoms with Crippen LogP contribution in [-0.2, 0) is 6.54 Å². The van der Waals surface area contributed by atoms with Crippen LogP contribution in [0.1, 0.15) is 33.3 Å². The average Bonchev–Trinajstić information content (AvgIpc) is 2.68. The first-order valence-electron chi connectivity index (χ1n) is 8.24. The molecular formula is C20H17ClN4O2. The fraction of sp³-hybridized carbons (Fsp3) is 0.100. The van der Waals surface area contributed by atoms with Crippen molar-refractivity contribution in [2.75, 3.05) is 10.6 Å². The standard InChI is InChI=1S/C20H17ClN4O2/c1-13(26)14-6-8-16(9-7-14)25-20(27)18-10-19(24-12-23-18)22-11-15-4-2-3-5-17(15)21/h2-10,12H,11H2,1H3,(H,25,27)(H,22,23,24). The normalized spacial score (nSPS) is 10.3. The number of anilines is 2. The number of benzene rings is 2. The van der Waals surface area contributed by atoms with Crippen LogP contribution in [0, 0.1) is 0 Å². The first-order valence-corrected chi connectivity index (χ1v) is 8.62. The third-order valence-electron chi connectivity index (χ3n) is 3.87. The van der Waals surface area contributed by atoms with Crippen molar-refractivity contribution < 1.29 is 9.59 Å². The Balaban J connectivity index is 1.66. The Bertz CT molecular complexity index is 974. The molecule has 0 aliphatic rings. The van der Waals surface area contributed by atoms with Gasteiger partial charge in [-0.25, -0.2) is 9.97 Å². The minimum atomic E-state index is -0.367. The first kappa shape index (κ1) is 18.5. The van der Waals surface area contributed by atoms with Gasteiger partial charge in [0.1, 0.15) is 17.8 Å². The molecule has 3 rings (SSSR count). The van der Waals surface area contributed by atoms with Gasteiger partial charge in [-0.15, -0.1) is 0 Å². The van der Waals surface area contributed by atoms with Crippen molar-refractivity contribution in [2.24, 2.45) is 0 Å². The van der Waals surface area contributed by atoms with Crippen molar-refractivity contribution in [3.05, 3.63) is 82.8 Å². The molecule has 0 radical (unpaired) electrons. The lowest BCUT2D eigenvalue weighted by molar-refractivity contribution is 0.101. The van der Waals surface area contributed by atoms with Crippen molar-refractivity contribution in [2.45, 2.75) is 13.5 Å². The smallest absolute Gasteiger partial charge is 0.274 e. The molecule has 0 bridgehead atoms. The first-order chi connectivity index (χ1) is 13.0. The molecule has 0 unspecified atom stereocenters. The van der Waals surface area contributed by atoms with Gasteiger partial charge in [-0.05, 0) is 42.8 Å². The summed E-state index contributed by atoms with van der Waals surface area (Å²) in [7, 11) is 0. The van der Waals surface area contributed by atoms with Crippen molar-refractivity contribution in [1.82, 2.24) is 9.97 Å². The van der Waals surface area contributed by atoms with Gasteiger partial charge in [0.05, 0.1) is 0 Å². The van der Waals surface area contributed by atoms with Crippen LogP contribution in [0.5, 0.6) is 0 Å². The van der Waals surface area contributed by atoms with Crippen LogP contribution in [0.4, 0.5) is 11.5 Å². The maximum absolute atomic E-state index is 12.4. The lowest BCUT2D eigenvalue weighted by atomic mass is 10.1. The maximum Gasteiger partial charge on any atom is 0.274 e. The number of ketones is 1. The number of Topliss-reactive ketones (excluding diaryl/α,β-unsaturated/α-hetero) is 1. The van der Waals surface area contributed by atoms with Crippen molar-refractivity contribution in [3.63, 3.8) is 0 Å². The van der Waals surface area contributed by atoms with E-state index >= 15 is 0 Å². The van der Waals surface area contributed by atoms with Gasteiger partial charge in [-0.2, -0.15) is 0 Å². The Morgan fingerprint density at radius 3 is 2.48 bits per heavy atom. The molecule has 1 heterocycles. The van der Waals surface area contributed by atoms with Gasteiger partial charge in [0.2, 0.25) is 0 Å². The Labute approximate surface area is 161 Å². The number of rotatable bonds is 6. The van der Waals surface area contributed by atoms with E-state index in [0.29, 0.717) is 28.6 Å². The third kappa shape index (κ3) is 4.89. The number of hydrogen-bond acceptors (Lipinski definition) is 5. The van der Waals surface area contributed by atoms with Crippen LogP contribution < -0.4 is 10.6 Å². The summed E-state index contributed by atoms with van der Waals surface area (Å²) >= 11 is 6.14. The lowest BCUT2D eigenvalue weighted by Gasteiger charge is -2.09. The van der Waals surface area contributed by atoms with Gasteiger partial charge in [0.25, 0.3) is 5.91 Å². The average molecular weight is 381 g/mol. The summed E-state index contributed by atoms with van der Waals surface area (Å²) in [4.78, 5) is 31.8. The Kier molecular flexibility index (Phi) is 5.78. The number of hydrogen-bond donors (Lipinski definition) is 2. The molecule has 1 aromatic heterocycles. The zero-order valence-corrected chi connectivity index (χ0v) is 15.3. The quantitative estimate of drug-likeness (QED) is 0.626. The Hall–Kier alpha value is -3.25. The van der Waals surface area contributed by atoms with E-state index < -0.39 is 0 Å². The molecule has 0 saturated carbocycles. The van der Waals surface area contributed by atoms with Gasteiger partial charge in [0.15, 0.2) is 5.78 Å². The van der Waals surface area contributed by atoms with E-state index in [0.717, 1.165) is 5.56 Å². The summed E-state index contributed by atoms with van der Waals surface area (Å²) in [6.45, 7) is 1.97. The molecule has 0 aliphatic carbocycles. The number of aromatic nitrogens is 2. The summed E-state index contributed by atoms with van der Waals surface area (Å²) in [5.41, 5.74) is 2.31. The van der Waals surface area contributed by atoms with E-state index in [1.165, 1.54) is 13.3 Å². The van der Waals surface area contributed by atoms with Gasteiger partial charge in [-0.3, -0.25) is 9.59 Å².